The van der Waals surface area contributed by atoms with Crippen LogP contribution < -0.4 is 5.32 Å². The van der Waals surface area contributed by atoms with E-state index in [4.69, 9.17) is 4.74 Å². The molecule has 1 amide bonds. The molecule has 1 aromatic rings. The Kier molecular flexibility index (Phi) is 6.88. The van der Waals surface area contributed by atoms with Crippen molar-refractivity contribution in [1.29, 1.82) is 0 Å². The van der Waals surface area contributed by atoms with Crippen LogP contribution in [0, 0.1) is 0 Å². The van der Waals surface area contributed by atoms with Crippen molar-refractivity contribution in [3.63, 3.8) is 0 Å². The minimum atomic E-state index is 0.0492. The summed E-state index contributed by atoms with van der Waals surface area (Å²) in [6.45, 7) is 4.65. The highest BCUT2D eigenvalue weighted by Crippen LogP contribution is 2.06. The molecule has 1 N–H and O–H groups in total. The van der Waals surface area contributed by atoms with Gasteiger partial charge in [-0.2, -0.15) is 5.10 Å². The molecule has 0 spiro atoms. The first-order valence-corrected chi connectivity index (χ1v) is 6.54. The predicted octanol–water partition coefficient (Wildman–Crippen LogP) is 1.58. The number of rotatable bonds is 8. The Morgan fingerprint density at radius 3 is 3.12 bits per heavy atom. The molecule has 0 aliphatic carbocycles. The zero-order chi connectivity index (χ0) is 12.5. The highest BCUT2D eigenvalue weighted by molar-refractivity contribution is 9.10. The number of hydrogen-bond acceptors (Lipinski definition) is 3. The molecule has 0 aromatic carbocycles. The van der Waals surface area contributed by atoms with E-state index in [0.29, 0.717) is 26.1 Å². The van der Waals surface area contributed by atoms with E-state index in [1.807, 2.05) is 13.1 Å². The quantitative estimate of drug-likeness (QED) is 0.742. The van der Waals surface area contributed by atoms with Crippen LogP contribution in [-0.2, 0) is 16.1 Å². The molecule has 0 aliphatic heterocycles. The van der Waals surface area contributed by atoms with Gasteiger partial charge in [0.25, 0.3) is 0 Å². The van der Waals surface area contributed by atoms with E-state index in [0.717, 1.165) is 17.5 Å². The standard InChI is InChI=1S/C11H18BrN3O2/c1-2-17-7-3-5-13-11(16)4-6-15-9-10(12)8-14-15/h8-9H,2-7H2,1H3,(H,13,16). The Balaban J connectivity index is 2.05. The van der Waals surface area contributed by atoms with Gasteiger partial charge in [0.2, 0.25) is 5.91 Å². The average molecular weight is 304 g/mol. The summed E-state index contributed by atoms with van der Waals surface area (Å²) in [6.07, 6.45) is 4.86. The maximum Gasteiger partial charge on any atom is 0.221 e. The van der Waals surface area contributed by atoms with E-state index in [9.17, 15) is 4.79 Å². The Hall–Kier alpha value is -0.880. The molecule has 96 valence electrons. The van der Waals surface area contributed by atoms with E-state index in [2.05, 4.69) is 26.3 Å². The second-order valence-electron chi connectivity index (χ2n) is 3.57. The summed E-state index contributed by atoms with van der Waals surface area (Å²) in [4.78, 5) is 11.5. The Bertz CT molecular complexity index is 341. The fourth-order valence-corrected chi connectivity index (χ4v) is 1.64. The van der Waals surface area contributed by atoms with Gasteiger partial charge in [-0.1, -0.05) is 0 Å². The van der Waals surface area contributed by atoms with Crippen LogP contribution in [0.15, 0.2) is 16.9 Å². The highest BCUT2D eigenvalue weighted by atomic mass is 79.9. The molecule has 6 heteroatoms. The van der Waals surface area contributed by atoms with Gasteiger partial charge in [-0.3, -0.25) is 9.48 Å². The average Bonchev–Trinajstić information content (AvgIpc) is 2.72. The van der Waals surface area contributed by atoms with Crippen LogP contribution in [0.4, 0.5) is 0 Å². The number of aromatic nitrogens is 2. The molecular formula is C11H18BrN3O2. The number of amides is 1. The summed E-state index contributed by atoms with van der Waals surface area (Å²) in [5, 5.41) is 6.93. The molecule has 0 radical (unpaired) electrons. The van der Waals surface area contributed by atoms with Crippen molar-refractivity contribution in [2.45, 2.75) is 26.3 Å². The molecule has 0 atom stereocenters. The van der Waals surface area contributed by atoms with Crippen LogP contribution in [0.2, 0.25) is 0 Å². The Morgan fingerprint density at radius 1 is 1.65 bits per heavy atom. The lowest BCUT2D eigenvalue weighted by atomic mass is 10.3. The Morgan fingerprint density at radius 2 is 2.47 bits per heavy atom. The summed E-state index contributed by atoms with van der Waals surface area (Å²) in [7, 11) is 0. The molecular weight excluding hydrogens is 286 g/mol. The number of carbonyl (C=O) groups excluding carboxylic acids is 1. The zero-order valence-corrected chi connectivity index (χ0v) is 11.6. The van der Waals surface area contributed by atoms with Crippen molar-refractivity contribution < 1.29 is 9.53 Å². The van der Waals surface area contributed by atoms with Gasteiger partial charge < -0.3 is 10.1 Å². The van der Waals surface area contributed by atoms with Gasteiger partial charge in [0.05, 0.1) is 10.7 Å². The fourth-order valence-electron chi connectivity index (χ4n) is 1.31. The van der Waals surface area contributed by atoms with E-state index < -0.39 is 0 Å². The third kappa shape index (κ3) is 6.43. The molecule has 0 aliphatic rings. The predicted molar refractivity (Wildman–Crippen MR) is 68.7 cm³/mol. The lowest BCUT2D eigenvalue weighted by Gasteiger charge is -2.05. The molecule has 0 bridgehead atoms. The summed E-state index contributed by atoms with van der Waals surface area (Å²) < 4.78 is 7.84. The minimum absolute atomic E-state index is 0.0492. The van der Waals surface area contributed by atoms with Crippen molar-refractivity contribution in [1.82, 2.24) is 15.1 Å². The molecule has 0 saturated carbocycles. The van der Waals surface area contributed by atoms with E-state index >= 15 is 0 Å². The summed E-state index contributed by atoms with van der Waals surface area (Å²) in [5.74, 6) is 0.0492. The van der Waals surface area contributed by atoms with Crippen molar-refractivity contribution in [2.75, 3.05) is 19.8 Å². The lowest BCUT2D eigenvalue weighted by Crippen LogP contribution is -2.26. The van der Waals surface area contributed by atoms with Crippen LogP contribution in [0.5, 0.6) is 0 Å². The van der Waals surface area contributed by atoms with E-state index in [-0.39, 0.29) is 5.91 Å². The third-order valence-corrected chi connectivity index (χ3v) is 2.57. The van der Waals surface area contributed by atoms with Crippen molar-refractivity contribution in [3.8, 4) is 0 Å². The monoisotopic (exact) mass is 303 g/mol. The van der Waals surface area contributed by atoms with Gasteiger partial charge in [0.15, 0.2) is 0 Å². The molecule has 5 nitrogen and oxygen atoms in total. The number of nitrogens with one attached hydrogen (secondary N) is 1. The first-order chi connectivity index (χ1) is 8.22. The van der Waals surface area contributed by atoms with Crippen molar-refractivity contribution in [2.24, 2.45) is 0 Å². The van der Waals surface area contributed by atoms with Gasteiger partial charge in [0.1, 0.15) is 0 Å². The van der Waals surface area contributed by atoms with Gasteiger partial charge in [-0.25, -0.2) is 0 Å². The minimum Gasteiger partial charge on any atom is -0.382 e. The fraction of sp³-hybridized carbons (Fsp3) is 0.636. The number of halogens is 1. The highest BCUT2D eigenvalue weighted by Gasteiger charge is 2.02. The number of aryl methyl sites for hydroxylation is 1. The zero-order valence-electron chi connectivity index (χ0n) is 9.99. The second kappa shape index (κ2) is 8.25. The molecule has 0 fully saturated rings. The molecule has 0 saturated heterocycles. The van der Waals surface area contributed by atoms with Gasteiger partial charge in [-0.05, 0) is 29.3 Å². The smallest absolute Gasteiger partial charge is 0.221 e. The van der Waals surface area contributed by atoms with Gasteiger partial charge >= 0.3 is 0 Å². The topological polar surface area (TPSA) is 56.1 Å². The maximum absolute atomic E-state index is 11.5. The third-order valence-electron chi connectivity index (χ3n) is 2.16. The molecule has 1 aromatic heterocycles. The molecule has 1 heterocycles. The molecule has 17 heavy (non-hydrogen) atoms. The first kappa shape index (κ1) is 14.2. The van der Waals surface area contributed by atoms with Crippen molar-refractivity contribution >= 4 is 21.8 Å². The lowest BCUT2D eigenvalue weighted by molar-refractivity contribution is -0.121. The van der Waals surface area contributed by atoms with Crippen LogP contribution in [0.25, 0.3) is 0 Å². The van der Waals surface area contributed by atoms with Gasteiger partial charge in [0, 0.05) is 38.9 Å². The van der Waals surface area contributed by atoms with E-state index in [1.165, 1.54) is 0 Å². The second-order valence-corrected chi connectivity index (χ2v) is 4.49. The van der Waals surface area contributed by atoms with Crippen LogP contribution in [0.3, 0.4) is 0 Å². The van der Waals surface area contributed by atoms with Crippen LogP contribution in [-0.4, -0.2) is 35.4 Å². The SMILES string of the molecule is CCOCCCNC(=O)CCn1cc(Br)cn1. The number of nitrogens with zero attached hydrogens (tertiary/aromatic N) is 2. The van der Waals surface area contributed by atoms with Crippen LogP contribution in [0.1, 0.15) is 19.8 Å². The first-order valence-electron chi connectivity index (χ1n) is 5.74. The largest absolute Gasteiger partial charge is 0.382 e. The molecule has 1 rings (SSSR count). The summed E-state index contributed by atoms with van der Waals surface area (Å²) >= 11 is 3.31. The summed E-state index contributed by atoms with van der Waals surface area (Å²) in [6, 6.07) is 0. The van der Waals surface area contributed by atoms with Crippen LogP contribution >= 0.6 is 15.9 Å². The number of hydrogen-bond donors (Lipinski definition) is 1. The molecule has 0 unspecified atom stereocenters. The maximum atomic E-state index is 11.5. The van der Waals surface area contributed by atoms with Gasteiger partial charge in [-0.15, -0.1) is 0 Å². The number of carbonyl (C=O) groups is 1. The normalized spacial score (nSPS) is 10.5. The number of ether oxygens (including phenoxy) is 1. The Labute approximate surface area is 110 Å². The summed E-state index contributed by atoms with van der Waals surface area (Å²) in [5.41, 5.74) is 0. The van der Waals surface area contributed by atoms with Crippen molar-refractivity contribution in [3.05, 3.63) is 16.9 Å². The van der Waals surface area contributed by atoms with E-state index in [1.54, 1.807) is 10.9 Å².